The number of rotatable bonds is 9. The number of anilines is 1. The molecule has 21 heavy (non-hydrogen) atoms. The molecule has 0 spiro atoms. The normalized spacial score (nSPS) is 14.0. The van der Waals surface area contributed by atoms with E-state index in [-0.39, 0.29) is 18.4 Å². The minimum atomic E-state index is -0.228. The number of aromatic nitrogens is 1. The average Bonchev–Trinajstić information content (AvgIpc) is 3.13. The zero-order valence-corrected chi connectivity index (χ0v) is 12.5. The quantitative estimate of drug-likeness (QED) is 0.709. The lowest BCUT2D eigenvalue weighted by Gasteiger charge is -2.22. The van der Waals surface area contributed by atoms with E-state index in [0.717, 1.165) is 32.1 Å². The van der Waals surface area contributed by atoms with Crippen molar-refractivity contribution in [2.75, 3.05) is 18.4 Å². The van der Waals surface area contributed by atoms with Crippen LogP contribution in [0.25, 0.3) is 0 Å². The van der Waals surface area contributed by atoms with E-state index < -0.39 is 0 Å². The molecule has 1 aliphatic rings. The number of carbonyl (C=O) groups excluding carboxylic acids is 2. The number of carbonyl (C=O) groups is 2. The van der Waals surface area contributed by atoms with Crippen molar-refractivity contribution >= 4 is 17.6 Å². The smallest absolute Gasteiger partial charge is 0.245 e. The molecule has 0 atom stereocenters. The Hall–Kier alpha value is -1.85. The molecule has 1 N–H and O–H groups in total. The fourth-order valence-corrected chi connectivity index (χ4v) is 2.18. The summed E-state index contributed by atoms with van der Waals surface area (Å²) in [6.07, 6.45) is 7.26. The van der Waals surface area contributed by atoms with Gasteiger partial charge in [0.05, 0.1) is 6.54 Å². The second-order valence-electron chi connectivity index (χ2n) is 5.61. The van der Waals surface area contributed by atoms with Crippen LogP contribution in [0.4, 0.5) is 5.82 Å². The van der Waals surface area contributed by atoms with Gasteiger partial charge in [0.25, 0.3) is 0 Å². The molecule has 1 heterocycles. The highest BCUT2D eigenvalue weighted by molar-refractivity contribution is 5.93. The van der Waals surface area contributed by atoms with Gasteiger partial charge in [-0.1, -0.05) is 24.9 Å². The summed E-state index contributed by atoms with van der Waals surface area (Å²) in [6.45, 7) is 2.89. The molecule has 0 unspecified atom stereocenters. The standard InChI is InChI=1S/C15H23N3O3/c1-2-3-4-5-15(20)18(10-12-6-7-12)11-14(19)16-13-8-9-21-17-13/h8-9,12H,2-7,10-11H2,1H3,(H,16,17,19). The van der Waals surface area contributed by atoms with Gasteiger partial charge in [-0.25, -0.2) is 0 Å². The van der Waals surface area contributed by atoms with Crippen LogP contribution >= 0.6 is 0 Å². The van der Waals surface area contributed by atoms with Gasteiger partial charge in [-0.3, -0.25) is 9.59 Å². The van der Waals surface area contributed by atoms with Crippen LogP contribution in [0.2, 0.25) is 0 Å². The zero-order valence-electron chi connectivity index (χ0n) is 12.5. The highest BCUT2D eigenvalue weighted by Crippen LogP contribution is 2.30. The van der Waals surface area contributed by atoms with E-state index in [1.165, 1.54) is 6.26 Å². The Morgan fingerprint density at radius 1 is 1.43 bits per heavy atom. The van der Waals surface area contributed by atoms with E-state index in [0.29, 0.717) is 24.7 Å². The van der Waals surface area contributed by atoms with Gasteiger partial charge in [-0.15, -0.1) is 0 Å². The summed E-state index contributed by atoms with van der Waals surface area (Å²) in [7, 11) is 0. The van der Waals surface area contributed by atoms with Crippen molar-refractivity contribution in [2.45, 2.75) is 45.4 Å². The molecule has 0 radical (unpaired) electrons. The monoisotopic (exact) mass is 293 g/mol. The fourth-order valence-electron chi connectivity index (χ4n) is 2.18. The highest BCUT2D eigenvalue weighted by atomic mass is 16.5. The molecule has 0 bridgehead atoms. The Labute approximate surface area is 124 Å². The van der Waals surface area contributed by atoms with Gasteiger partial charge in [0.15, 0.2) is 5.82 Å². The summed E-state index contributed by atoms with van der Waals surface area (Å²) >= 11 is 0. The molecule has 1 fully saturated rings. The van der Waals surface area contributed by atoms with E-state index in [4.69, 9.17) is 0 Å². The van der Waals surface area contributed by atoms with Crippen LogP contribution in [0.5, 0.6) is 0 Å². The Balaban J connectivity index is 1.82. The maximum Gasteiger partial charge on any atom is 0.245 e. The van der Waals surface area contributed by atoms with Gasteiger partial charge >= 0.3 is 0 Å². The van der Waals surface area contributed by atoms with E-state index in [1.54, 1.807) is 11.0 Å². The van der Waals surface area contributed by atoms with E-state index >= 15 is 0 Å². The molecule has 0 aromatic carbocycles. The molecule has 1 aliphatic carbocycles. The van der Waals surface area contributed by atoms with E-state index in [9.17, 15) is 9.59 Å². The number of hydrogen-bond acceptors (Lipinski definition) is 4. The zero-order chi connectivity index (χ0) is 15.1. The maximum atomic E-state index is 12.2. The van der Waals surface area contributed by atoms with E-state index in [1.807, 2.05) is 0 Å². The maximum absolute atomic E-state index is 12.2. The van der Waals surface area contributed by atoms with Crippen LogP contribution < -0.4 is 5.32 Å². The lowest BCUT2D eigenvalue weighted by atomic mass is 10.2. The molecule has 0 saturated heterocycles. The summed E-state index contributed by atoms with van der Waals surface area (Å²) in [5.41, 5.74) is 0. The topological polar surface area (TPSA) is 75.4 Å². The van der Waals surface area contributed by atoms with Crippen molar-refractivity contribution in [3.8, 4) is 0 Å². The summed E-state index contributed by atoms with van der Waals surface area (Å²) < 4.78 is 4.66. The minimum absolute atomic E-state index is 0.0747. The number of hydrogen-bond donors (Lipinski definition) is 1. The lowest BCUT2D eigenvalue weighted by molar-refractivity contribution is -0.135. The molecule has 6 nitrogen and oxygen atoms in total. The predicted octanol–water partition coefficient (Wildman–Crippen LogP) is 2.43. The van der Waals surface area contributed by atoms with Crippen LogP contribution in [0.1, 0.15) is 45.4 Å². The van der Waals surface area contributed by atoms with Gasteiger partial charge < -0.3 is 14.7 Å². The van der Waals surface area contributed by atoms with Gasteiger partial charge in [-0.05, 0) is 25.2 Å². The summed E-state index contributed by atoms with van der Waals surface area (Å²) in [5, 5.41) is 6.26. The highest BCUT2D eigenvalue weighted by Gasteiger charge is 2.27. The van der Waals surface area contributed by atoms with Crippen molar-refractivity contribution in [1.29, 1.82) is 0 Å². The Bertz CT molecular complexity index is 455. The molecule has 6 heteroatoms. The van der Waals surface area contributed by atoms with Crippen LogP contribution in [0, 0.1) is 5.92 Å². The average molecular weight is 293 g/mol. The molecule has 2 amide bonds. The molecule has 1 saturated carbocycles. The molecule has 1 aromatic heterocycles. The largest absolute Gasteiger partial charge is 0.363 e. The van der Waals surface area contributed by atoms with Crippen molar-refractivity contribution in [3.63, 3.8) is 0 Å². The fraction of sp³-hybridized carbons (Fsp3) is 0.667. The molecule has 1 aromatic rings. The summed E-state index contributed by atoms with van der Waals surface area (Å²) in [5.74, 6) is 0.795. The second kappa shape index (κ2) is 7.81. The van der Waals surface area contributed by atoms with Crippen molar-refractivity contribution < 1.29 is 14.1 Å². The Morgan fingerprint density at radius 3 is 2.86 bits per heavy atom. The SMILES string of the molecule is CCCCCC(=O)N(CC(=O)Nc1ccon1)CC1CC1. The first kappa shape index (κ1) is 15.5. The van der Waals surface area contributed by atoms with Crippen LogP contribution in [-0.4, -0.2) is 35.0 Å². The first-order valence-electron chi connectivity index (χ1n) is 7.67. The molecule has 116 valence electrons. The number of unbranched alkanes of at least 4 members (excludes halogenated alkanes) is 2. The van der Waals surface area contributed by atoms with Crippen molar-refractivity contribution in [3.05, 3.63) is 12.3 Å². The second-order valence-corrected chi connectivity index (χ2v) is 5.61. The first-order valence-corrected chi connectivity index (χ1v) is 7.67. The molecular formula is C15H23N3O3. The van der Waals surface area contributed by atoms with Gasteiger partial charge in [0.2, 0.25) is 11.8 Å². The lowest BCUT2D eigenvalue weighted by Crippen LogP contribution is -2.39. The molecule has 0 aliphatic heterocycles. The van der Waals surface area contributed by atoms with Crippen molar-refractivity contribution in [1.82, 2.24) is 10.1 Å². The van der Waals surface area contributed by atoms with Crippen LogP contribution in [0.15, 0.2) is 16.9 Å². The number of amides is 2. The summed E-state index contributed by atoms with van der Waals surface area (Å²) in [6, 6.07) is 1.58. The van der Waals surface area contributed by atoms with Crippen molar-refractivity contribution in [2.24, 2.45) is 5.92 Å². The summed E-state index contributed by atoms with van der Waals surface area (Å²) in [4.78, 5) is 25.9. The van der Waals surface area contributed by atoms with Crippen LogP contribution in [-0.2, 0) is 9.59 Å². The number of nitrogens with zero attached hydrogens (tertiary/aromatic N) is 2. The molecular weight excluding hydrogens is 270 g/mol. The Morgan fingerprint density at radius 2 is 2.24 bits per heavy atom. The molecule has 2 rings (SSSR count). The van der Waals surface area contributed by atoms with Gasteiger partial charge in [0.1, 0.15) is 6.26 Å². The third-order valence-electron chi connectivity index (χ3n) is 3.56. The third-order valence-corrected chi connectivity index (χ3v) is 3.56. The first-order chi connectivity index (χ1) is 10.2. The predicted molar refractivity (Wildman–Crippen MR) is 78.6 cm³/mol. The van der Waals surface area contributed by atoms with Gasteiger partial charge in [0, 0.05) is 19.0 Å². The Kier molecular flexibility index (Phi) is 5.78. The third kappa shape index (κ3) is 5.57. The van der Waals surface area contributed by atoms with Crippen LogP contribution in [0.3, 0.4) is 0 Å². The van der Waals surface area contributed by atoms with E-state index in [2.05, 4.69) is 21.9 Å². The number of nitrogens with one attached hydrogen (secondary N) is 1. The van der Waals surface area contributed by atoms with Gasteiger partial charge in [-0.2, -0.15) is 0 Å². The minimum Gasteiger partial charge on any atom is -0.363 e.